The third-order valence-electron chi connectivity index (χ3n) is 6.49. The van der Waals surface area contributed by atoms with Crippen molar-refractivity contribution in [3.63, 3.8) is 0 Å². The number of hydrogen-bond acceptors (Lipinski definition) is 3. The van der Waals surface area contributed by atoms with Crippen LogP contribution >= 0.6 is 0 Å². The minimum Gasteiger partial charge on any atom is -0.347 e. The molecule has 3 aliphatic heterocycles. The van der Waals surface area contributed by atoms with E-state index in [4.69, 9.17) is 0 Å². The van der Waals surface area contributed by atoms with Gasteiger partial charge in [-0.25, -0.2) is 0 Å². The van der Waals surface area contributed by atoms with Gasteiger partial charge in [0.25, 0.3) is 5.91 Å². The van der Waals surface area contributed by atoms with Crippen LogP contribution in [0.1, 0.15) is 36.2 Å². The molecule has 5 heteroatoms. The molecule has 0 N–H and O–H groups in total. The number of carbonyl (C=O) groups excluding carboxylic acids is 1. The first-order valence-corrected chi connectivity index (χ1v) is 9.48. The van der Waals surface area contributed by atoms with Crippen LogP contribution in [0.15, 0.2) is 18.3 Å². The average Bonchev–Trinajstić information content (AvgIpc) is 3.29. The van der Waals surface area contributed by atoms with Crippen molar-refractivity contribution >= 4 is 5.91 Å². The number of likely N-dealkylation sites (tertiary alicyclic amines) is 3. The molecule has 0 aromatic carbocycles. The number of piperidine rings is 1. The Morgan fingerprint density at radius 2 is 2.00 bits per heavy atom. The molecule has 0 bridgehead atoms. The second-order valence-electron chi connectivity index (χ2n) is 7.93. The molecule has 24 heavy (non-hydrogen) atoms. The standard InChI is InChI=1S/C19H30N4O/c1-20-8-5-6-18(20)19(24)23-11-7-17-15(13-23)12-16(21(17)2)14-22-9-3-4-10-22/h5-6,8,15-17H,3-4,7,9-14H2,1-2H3/t15-,16+,17+/m0/s1. The number of hydrogen-bond donors (Lipinski definition) is 0. The first kappa shape index (κ1) is 16.2. The highest BCUT2D eigenvalue weighted by Gasteiger charge is 2.43. The lowest BCUT2D eigenvalue weighted by Crippen LogP contribution is -2.48. The lowest BCUT2D eigenvalue weighted by molar-refractivity contribution is 0.0596. The van der Waals surface area contributed by atoms with Gasteiger partial charge in [-0.2, -0.15) is 0 Å². The molecular weight excluding hydrogens is 300 g/mol. The minimum absolute atomic E-state index is 0.201. The monoisotopic (exact) mass is 330 g/mol. The third kappa shape index (κ3) is 2.88. The number of nitrogens with zero attached hydrogens (tertiary/aromatic N) is 4. The molecule has 5 nitrogen and oxygen atoms in total. The number of amides is 1. The van der Waals surface area contributed by atoms with Crippen LogP contribution in [0, 0.1) is 5.92 Å². The summed E-state index contributed by atoms with van der Waals surface area (Å²) in [6.45, 7) is 5.59. The van der Waals surface area contributed by atoms with Crippen molar-refractivity contribution in [2.75, 3.05) is 39.8 Å². The highest BCUT2D eigenvalue weighted by Crippen LogP contribution is 2.35. The molecule has 0 aliphatic carbocycles. The smallest absolute Gasteiger partial charge is 0.270 e. The molecule has 1 amide bonds. The van der Waals surface area contributed by atoms with Gasteiger partial charge in [-0.1, -0.05) is 0 Å². The molecule has 132 valence electrons. The Bertz CT molecular complexity index is 592. The van der Waals surface area contributed by atoms with E-state index in [1.807, 2.05) is 29.9 Å². The Labute approximate surface area is 145 Å². The third-order valence-corrected chi connectivity index (χ3v) is 6.49. The first-order chi connectivity index (χ1) is 11.6. The summed E-state index contributed by atoms with van der Waals surface area (Å²) in [5.74, 6) is 0.840. The number of likely N-dealkylation sites (N-methyl/N-ethyl adjacent to an activating group) is 1. The van der Waals surface area contributed by atoms with E-state index < -0.39 is 0 Å². The van der Waals surface area contributed by atoms with Crippen molar-refractivity contribution in [1.82, 2.24) is 19.3 Å². The normalized spacial score (nSPS) is 31.6. The van der Waals surface area contributed by atoms with Gasteiger partial charge in [-0.3, -0.25) is 9.69 Å². The summed E-state index contributed by atoms with van der Waals surface area (Å²) in [5.41, 5.74) is 0.813. The van der Waals surface area contributed by atoms with Gasteiger partial charge in [0.2, 0.25) is 0 Å². The van der Waals surface area contributed by atoms with E-state index in [0.29, 0.717) is 18.0 Å². The van der Waals surface area contributed by atoms with E-state index in [1.165, 1.54) is 38.9 Å². The van der Waals surface area contributed by atoms with Crippen molar-refractivity contribution in [2.24, 2.45) is 13.0 Å². The zero-order chi connectivity index (χ0) is 16.7. The average molecular weight is 330 g/mol. The Balaban J connectivity index is 1.40. The summed E-state index contributed by atoms with van der Waals surface area (Å²) in [4.78, 5) is 20.1. The summed E-state index contributed by atoms with van der Waals surface area (Å²) in [6, 6.07) is 5.22. The Morgan fingerprint density at radius 1 is 1.21 bits per heavy atom. The molecular formula is C19H30N4O. The molecule has 4 rings (SSSR count). The predicted octanol–water partition coefficient (Wildman–Crippen LogP) is 1.66. The van der Waals surface area contributed by atoms with Crippen LogP contribution in [-0.2, 0) is 7.05 Å². The number of aromatic nitrogens is 1. The molecule has 3 saturated heterocycles. The highest BCUT2D eigenvalue weighted by molar-refractivity contribution is 5.92. The first-order valence-electron chi connectivity index (χ1n) is 9.48. The SMILES string of the molecule is CN1[C@@H](CN2CCCC2)C[C@H]2CN(C(=O)c3cccn3C)CC[C@H]21. The van der Waals surface area contributed by atoms with Gasteiger partial charge in [0, 0.05) is 45.0 Å². The van der Waals surface area contributed by atoms with Crippen molar-refractivity contribution in [2.45, 2.75) is 37.8 Å². The van der Waals surface area contributed by atoms with Crippen LogP contribution < -0.4 is 0 Å². The Hall–Kier alpha value is -1.33. The maximum atomic E-state index is 12.8. The van der Waals surface area contributed by atoms with Gasteiger partial charge in [-0.05, 0) is 63.9 Å². The van der Waals surface area contributed by atoms with Gasteiger partial charge in [0.05, 0.1) is 0 Å². The summed E-state index contributed by atoms with van der Waals surface area (Å²) < 4.78 is 1.94. The quantitative estimate of drug-likeness (QED) is 0.845. The van der Waals surface area contributed by atoms with E-state index in [0.717, 1.165) is 25.2 Å². The number of fused-ring (bicyclic) bond motifs is 1. The largest absolute Gasteiger partial charge is 0.347 e. The molecule has 0 unspecified atom stereocenters. The predicted molar refractivity (Wildman–Crippen MR) is 95.1 cm³/mol. The van der Waals surface area contributed by atoms with Gasteiger partial charge in [-0.15, -0.1) is 0 Å². The number of carbonyl (C=O) groups is 1. The molecule has 0 spiro atoms. The van der Waals surface area contributed by atoms with Crippen LogP contribution in [0.4, 0.5) is 0 Å². The second kappa shape index (κ2) is 6.52. The van der Waals surface area contributed by atoms with Crippen molar-refractivity contribution in [3.8, 4) is 0 Å². The molecule has 3 aliphatic rings. The van der Waals surface area contributed by atoms with Crippen molar-refractivity contribution in [1.29, 1.82) is 0 Å². The maximum Gasteiger partial charge on any atom is 0.270 e. The second-order valence-corrected chi connectivity index (χ2v) is 7.93. The van der Waals surface area contributed by atoms with Crippen LogP contribution in [0.3, 0.4) is 0 Å². The highest BCUT2D eigenvalue weighted by atomic mass is 16.2. The fourth-order valence-electron chi connectivity index (χ4n) is 5.07. The minimum atomic E-state index is 0.201. The lowest BCUT2D eigenvalue weighted by atomic mass is 9.92. The van der Waals surface area contributed by atoms with Gasteiger partial charge in [0.1, 0.15) is 5.69 Å². The van der Waals surface area contributed by atoms with E-state index in [1.54, 1.807) is 0 Å². The Morgan fingerprint density at radius 3 is 2.71 bits per heavy atom. The molecule has 3 fully saturated rings. The topological polar surface area (TPSA) is 31.7 Å². The number of aryl methyl sites for hydroxylation is 1. The van der Waals surface area contributed by atoms with Crippen LogP contribution in [0.5, 0.6) is 0 Å². The summed E-state index contributed by atoms with van der Waals surface area (Å²) in [7, 11) is 4.26. The van der Waals surface area contributed by atoms with Gasteiger partial charge in [0.15, 0.2) is 0 Å². The molecule has 1 aromatic rings. The van der Waals surface area contributed by atoms with E-state index in [-0.39, 0.29) is 5.91 Å². The van der Waals surface area contributed by atoms with Gasteiger partial charge >= 0.3 is 0 Å². The van der Waals surface area contributed by atoms with Crippen LogP contribution in [-0.4, -0.2) is 77.0 Å². The molecule has 3 atom stereocenters. The maximum absolute atomic E-state index is 12.8. The molecule has 0 saturated carbocycles. The fraction of sp³-hybridized carbons (Fsp3) is 0.737. The lowest BCUT2D eigenvalue weighted by Gasteiger charge is -2.37. The summed E-state index contributed by atoms with van der Waals surface area (Å²) in [5, 5.41) is 0. The van der Waals surface area contributed by atoms with Gasteiger partial charge < -0.3 is 14.4 Å². The molecule has 4 heterocycles. The van der Waals surface area contributed by atoms with Crippen LogP contribution in [0.25, 0.3) is 0 Å². The molecule has 0 radical (unpaired) electrons. The fourth-order valence-corrected chi connectivity index (χ4v) is 5.07. The number of rotatable bonds is 3. The van der Waals surface area contributed by atoms with Crippen LogP contribution in [0.2, 0.25) is 0 Å². The van der Waals surface area contributed by atoms with Crippen molar-refractivity contribution < 1.29 is 4.79 Å². The van der Waals surface area contributed by atoms with Crippen molar-refractivity contribution in [3.05, 3.63) is 24.0 Å². The van der Waals surface area contributed by atoms with E-state index in [2.05, 4.69) is 21.7 Å². The molecule has 1 aromatic heterocycles. The summed E-state index contributed by atoms with van der Waals surface area (Å²) >= 11 is 0. The van der Waals surface area contributed by atoms with E-state index >= 15 is 0 Å². The summed E-state index contributed by atoms with van der Waals surface area (Å²) in [6.07, 6.45) is 7.04. The Kier molecular flexibility index (Phi) is 4.39. The zero-order valence-electron chi connectivity index (χ0n) is 15.0. The van der Waals surface area contributed by atoms with E-state index in [9.17, 15) is 4.79 Å². The zero-order valence-corrected chi connectivity index (χ0v) is 15.0.